The smallest absolute Gasteiger partial charge is 0.162 e. The predicted octanol–water partition coefficient (Wildman–Crippen LogP) is 1.92. The number of rotatable bonds is 2. The molecule has 0 radical (unpaired) electrons. The van der Waals surface area contributed by atoms with E-state index in [2.05, 4.69) is 15.3 Å². The number of ether oxygens (including phenoxy) is 2. The van der Waals surface area contributed by atoms with E-state index in [1.54, 1.807) is 0 Å². The molecule has 0 spiro atoms. The van der Waals surface area contributed by atoms with Gasteiger partial charge in [-0.15, -0.1) is 0 Å². The molecule has 1 fully saturated rings. The number of hydrogen-bond acceptors (Lipinski definition) is 4. The zero-order chi connectivity index (χ0) is 13.4. The highest BCUT2D eigenvalue weighted by Crippen LogP contribution is 2.34. The number of imidazole rings is 1. The van der Waals surface area contributed by atoms with Gasteiger partial charge in [-0.2, -0.15) is 0 Å². The highest BCUT2D eigenvalue weighted by atomic mass is 16.6. The summed E-state index contributed by atoms with van der Waals surface area (Å²) in [6.45, 7) is 3.31. The van der Waals surface area contributed by atoms with Crippen molar-refractivity contribution < 1.29 is 9.47 Å². The van der Waals surface area contributed by atoms with Gasteiger partial charge < -0.3 is 19.8 Å². The van der Waals surface area contributed by atoms with Crippen LogP contribution in [0.4, 0.5) is 0 Å². The number of fused-ring (bicyclic) bond motifs is 1. The van der Waals surface area contributed by atoms with Crippen molar-refractivity contribution in [2.45, 2.75) is 12.3 Å². The zero-order valence-electron chi connectivity index (χ0n) is 11.2. The quantitative estimate of drug-likeness (QED) is 0.876. The summed E-state index contributed by atoms with van der Waals surface area (Å²) in [7, 11) is 0. The van der Waals surface area contributed by atoms with Crippen LogP contribution in [0.5, 0.6) is 11.5 Å². The minimum atomic E-state index is 0.501. The lowest BCUT2D eigenvalue weighted by atomic mass is 10.1. The molecule has 2 aromatic rings. The lowest BCUT2D eigenvalue weighted by Crippen LogP contribution is -2.15. The SMILES string of the molecule is c1cc2c(cc1-c1cnc(C3CCNC3)[nH]1)OCCO2. The number of benzene rings is 1. The summed E-state index contributed by atoms with van der Waals surface area (Å²) in [5.41, 5.74) is 2.11. The van der Waals surface area contributed by atoms with Crippen LogP contribution in [0.2, 0.25) is 0 Å². The lowest BCUT2D eigenvalue weighted by molar-refractivity contribution is 0.171. The molecule has 1 atom stereocenters. The first kappa shape index (κ1) is 11.8. The van der Waals surface area contributed by atoms with Crippen molar-refractivity contribution in [3.8, 4) is 22.8 Å². The summed E-state index contributed by atoms with van der Waals surface area (Å²) < 4.78 is 11.2. The Kier molecular flexibility index (Phi) is 2.85. The van der Waals surface area contributed by atoms with Crippen LogP contribution in [0.1, 0.15) is 18.2 Å². The third-order valence-corrected chi connectivity index (χ3v) is 3.90. The average Bonchev–Trinajstić information content (AvgIpc) is 3.17. The Balaban J connectivity index is 1.63. The van der Waals surface area contributed by atoms with Crippen LogP contribution in [-0.2, 0) is 0 Å². The summed E-state index contributed by atoms with van der Waals surface area (Å²) in [4.78, 5) is 7.95. The van der Waals surface area contributed by atoms with Crippen molar-refractivity contribution in [2.75, 3.05) is 26.3 Å². The number of H-pyrrole nitrogens is 1. The van der Waals surface area contributed by atoms with E-state index in [9.17, 15) is 0 Å². The summed E-state index contributed by atoms with van der Waals surface area (Å²) in [6, 6.07) is 6.01. The first-order valence-corrected chi connectivity index (χ1v) is 7.06. The summed E-state index contributed by atoms with van der Waals surface area (Å²) in [6.07, 6.45) is 3.05. The van der Waals surface area contributed by atoms with Gasteiger partial charge >= 0.3 is 0 Å². The second-order valence-corrected chi connectivity index (χ2v) is 5.23. The molecule has 2 N–H and O–H groups in total. The van der Waals surface area contributed by atoms with E-state index in [1.165, 1.54) is 0 Å². The van der Waals surface area contributed by atoms with Crippen molar-refractivity contribution in [2.24, 2.45) is 0 Å². The van der Waals surface area contributed by atoms with Gasteiger partial charge in [0.2, 0.25) is 0 Å². The fourth-order valence-electron chi connectivity index (χ4n) is 2.79. The lowest BCUT2D eigenvalue weighted by Gasteiger charge is -2.18. The standard InChI is InChI=1S/C15H17N3O2/c1-2-13-14(20-6-5-19-13)7-10(1)12-9-17-15(18-12)11-3-4-16-8-11/h1-2,7,9,11,16H,3-6,8H2,(H,17,18). The maximum atomic E-state index is 5.62. The zero-order valence-corrected chi connectivity index (χ0v) is 11.2. The summed E-state index contributed by atoms with van der Waals surface area (Å²) in [5, 5.41) is 3.36. The summed E-state index contributed by atoms with van der Waals surface area (Å²) >= 11 is 0. The van der Waals surface area contributed by atoms with Crippen LogP contribution < -0.4 is 14.8 Å². The van der Waals surface area contributed by atoms with Crippen molar-refractivity contribution >= 4 is 0 Å². The molecule has 1 unspecified atom stereocenters. The van der Waals surface area contributed by atoms with Gasteiger partial charge in [0.1, 0.15) is 19.0 Å². The number of nitrogens with zero attached hydrogens (tertiary/aromatic N) is 1. The van der Waals surface area contributed by atoms with Gasteiger partial charge in [-0.3, -0.25) is 0 Å². The Morgan fingerprint density at radius 2 is 2.05 bits per heavy atom. The number of hydrogen-bond donors (Lipinski definition) is 2. The third-order valence-electron chi connectivity index (χ3n) is 3.90. The maximum absolute atomic E-state index is 5.62. The molecule has 0 bridgehead atoms. The molecule has 2 aliphatic rings. The number of nitrogens with one attached hydrogen (secondary N) is 2. The molecule has 4 rings (SSSR count). The molecule has 0 amide bonds. The van der Waals surface area contributed by atoms with Gasteiger partial charge in [0, 0.05) is 18.0 Å². The van der Waals surface area contributed by atoms with Gasteiger partial charge in [0.25, 0.3) is 0 Å². The van der Waals surface area contributed by atoms with E-state index in [4.69, 9.17) is 9.47 Å². The van der Waals surface area contributed by atoms with Crippen LogP contribution in [0, 0.1) is 0 Å². The van der Waals surface area contributed by atoms with E-state index >= 15 is 0 Å². The highest BCUT2D eigenvalue weighted by molar-refractivity contribution is 5.63. The van der Waals surface area contributed by atoms with Crippen LogP contribution in [0.15, 0.2) is 24.4 Å². The van der Waals surface area contributed by atoms with E-state index in [0.29, 0.717) is 19.1 Å². The van der Waals surface area contributed by atoms with Gasteiger partial charge in [-0.1, -0.05) is 0 Å². The minimum Gasteiger partial charge on any atom is -0.486 e. The largest absolute Gasteiger partial charge is 0.486 e. The van der Waals surface area contributed by atoms with E-state index < -0.39 is 0 Å². The normalized spacial score (nSPS) is 21.1. The second kappa shape index (κ2) is 4.83. The van der Waals surface area contributed by atoms with Gasteiger partial charge in [-0.25, -0.2) is 4.98 Å². The van der Waals surface area contributed by atoms with Crippen LogP contribution >= 0.6 is 0 Å². The Bertz CT molecular complexity index is 617. The first-order valence-electron chi connectivity index (χ1n) is 7.06. The molecule has 0 aliphatic carbocycles. The summed E-state index contributed by atoms with van der Waals surface area (Å²) in [5.74, 6) is 3.20. The van der Waals surface area contributed by atoms with Gasteiger partial charge in [0.15, 0.2) is 11.5 Å². The van der Waals surface area contributed by atoms with Crippen molar-refractivity contribution in [1.82, 2.24) is 15.3 Å². The topological polar surface area (TPSA) is 59.2 Å². The predicted molar refractivity (Wildman–Crippen MR) is 75.2 cm³/mol. The molecule has 0 saturated carbocycles. The fraction of sp³-hybridized carbons (Fsp3) is 0.400. The van der Waals surface area contributed by atoms with Gasteiger partial charge in [-0.05, 0) is 31.2 Å². The second-order valence-electron chi connectivity index (χ2n) is 5.23. The molecule has 104 valence electrons. The van der Waals surface area contributed by atoms with Crippen LogP contribution in [0.3, 0.4) is 0 Å². The number of aromatic nitrogens is 2. The molecular formula is C15H17N3O2. The van der Waals surface area contributed by atoms with E-state index in [1.807, 2.05) is 24.4 Å². The molecule has 3 heterocycles. The van der Waals surface area contributed by atoms with Crippen molar-refractivity contribution in [1.29, 1.82) is 0 Å². The van der Waals surface area contributed by atoms with Crippen molar-refractivity contribution in [3.63, 3.8) is 0 Å². The Labute approximate surface area is 117 Å². The Morgan fingerprint density at radius 1 is 1.15 bits per heavy atom. The maximum Gasteiger partial charge on any atom is 0.162 e. The molecule has 1 aromatic carbocycles. The van der Waals surface area contributed by atoms with Crippen molar-refractivity contribution in [3.05, 3.63) is 30.2 Å². The monoisotopic (exact) mass is 271 g/mol. The average molecular weight is 271 g/mol. The Hall–Kier alpha value is -2.01. The first-order chi connectivity index (χ1) is 9.90. The number of aromatic amines is 1. The molecule has 2 aliphatic heterocycles. The molecule has 5 heteroatoms. The van der Waals surface area contributed by atoms with E-state index in [0.717, 1.165) is 48.1 Å². The van der Waals surface area contributed by atoms with Gasteiger partial charge in [0.05, 0.1) is 11.9 Å². The minimum absolute atomic E-state index is 0.501. The molecule has 20 heavy (non-hydrogen) atoms. The van der Waals surface area contributed by atoms with Crippen LogP contribution in [0.25, 0.3) is 11.3 Å². The highest BCUT2D eigenvalue weighted by Gasteiger charge is 2.20. The molecule has 1 saturated heterocycles. The molecule has 5 nitrogen and oxygen atoms in total. The molecule has 1 aromatic heterocycles. The third kappa shape index (κ3) is 2.04. The van der Waals surface area contributed by atoms with Crippen LogP contribution in [-0.4, -0.2) is 36.3 Å². The molecular weight excluding hydrogens is 254 g/mol. The Morgan fingerprint density at radius 3 is 2.90 bits per heavy atom. The van der Waals surface area contributed by atoms with E-state index in [-0.39, 0.29) is 0 Å². The fourth-order valence-corrected chi connectivity index (χ4v) is 2.79.